The van der Waals surface area contributed by atoms with Crippen molar-refractivity contribution < 1.29 is 0 Å². The van der Waals surface area contributed by atoms with Gasteiger partial charge >= 0.3 is 0 Å². The minimum atomic E-state index is 0.314. The van der Waals surface area contributed by atoms with Crippen molar-refractivity contribution in [2.24, 2.45) is 5.73 Å². The highest BCUT2D eigenvalue weighted by Crippen LogP contribution is 2.45. The molecule has 1 aromatic heterocycles. The zero-order valence-electron chi connectivity index (χ0n) is 9.30. The van der Waals surface area contributed by atoms with E-state index in [0.717, 1.165) is 25.3 Å². The van der Waals surface area contributed by atoms with Gasteiger partial charge in [-0.3, -0.25) is 0 Å². The van der Waals surface area contributed by atoms with E-state index in [2.05, 4.69) is 22.0 Å². The highest BCUT2D eigenvalue weighted by molar-refractivity contribution is 8.06. The van der Waals surface area contributed by atoms with Crippen LogP contribution in [0.4, 0.5) is 5.82 Å². The number of nitrogens with zero attached hydrogens (tertiary/aromatic N) is 2. The van der Waals surface area contributed by atoms with Crippen LogP contribution in [0.25, 0.3) is 0 Å². The molecule has 2 atom stereocenters. The van der Waals surface area contributed by atoms with E-state index >= 15 is 0 Å². The summed E-state index contributed by atoms with van der Waals surface area (Å²) in [6.45, 7) is 2.04. The molecule has 0 aliphatic carbocycles. The average Bonchev–Trinajstić information content (AvgIpc) is 3.13. The van der Waals surface area contributed by atoms with Crippen molar-refractivity contribution in [3.05, 3.63) is 23.9 Å². The normalized spacial score (nSPS) is 29.2. The summed E-state index contributed by atoms with van der Waals surface area (Å²) < 4.78 is 0. The lowest BCUT2D eigenvalue weighted by molar-refractivity contribution is 0.503. The largest absolute Gasteiger partial charge is 0.355 e. The monoisotopic (exact) mass is 235 g/mol. The van der Waals surface area contributed by atoms with Crippen molar-refractivity contribution in [1.82, 2.24) is 4.98 Å². The second-order valence-electron chi connectivity index (χ2n) is 4.62. The van der Waals surface area contributed by atoms with Crippen LogP contribution in [-0.4, -0.2) is 29.9 Å². The molecule has 1 aromatic rings. The Morgan fingerprint density at radius 1 is 1.44 bits per heavy atom. The van der Waals surface area contributed by atoms with Crippen molar-refractivity contribution in [3.8, 4) is 0 Å². The molecule has 0 bridgehead atoms. The lowest BCUT2D eigenvalue weighted by atomic mass is 10.1. The maximum Gasteiger partial charge on any atom is 0.128 e. The van der Waals surface area contributed by atoms with Crippen LogP contribution in [0.5, 0.6) is 0 Å². The Bertz CT molecular complexity index is 361. The van der Waals surface area contributed by atoms with E-state index in [1.807, 2.05) is 18.0 Å². The van der Waals surface area contributed by atoms with E-state index < -0.39 is 0 Å². The number of rotatable bonds is 2. The third-order valence-corrected chi connectivity index (χ3v) is 4.20. The van der Waals surface area contributed by atoms with E-state index in [9.17, 15) is 0 Å². The summed E-state index contributed by atoms with van der Waals surface area (Å²) in [5.74, 6) is 2.35. The number of aromatic nitrogens is 1. The van der Waals surface area contributed by atoms with Gasteiger partial charge in [-0.25, -0.2) is 4.98 Å². The third kappa shape index (κ3) is 2.18. The fourth-order valence-electron chi connectivity index (χ4n) is 2.23. The molecule has 0 aromatic carbocycles. The first-order valence-corrected chi connectivity index (χ1v) is 6.96. The summed E-state index contributed by atoms with van der Waals surface area (Å²) in [5.41, 5.74) is 7.35. The summed E-state index contributed by atoms with van der Waals surface area (Å²) >= 11 is 1.99. The molecule has 0 radical (unpaired) electrons. The third-order valence-electron chi connectivity index (χ3n) is 3.26. The summed E-state index contributed by atoms with van der Waals surface area (Å²) in [6, 6.07) is 4.67. The summed E-state index contributed by atoms with van der Waals surface area (Å²) in [5, 5.41) is 0.713. The molecule has 0 spiro atoms. The Kier molecular flexibility index (Phi) is 2.77. The van der Waals surface area contributed by atoms with Gasteiger partial charge in [0.25, 0.3) is 0 Å². The summed E-state index contributed by atoms with van der Waals surface area (Å²) in [4.78, 5) is 6.86. The number of piperidine rings is 1. The Morgan fingerprint density at radius 2 is 2.31 bits per heavy atom. The van der Waals surface area contributed by atoms with Gasteiger partial charge in [0.2, 0.25) is 0 Å². The predicted molar refractivity (Wildman–Crippen MR) is 68.9 cm³/mol. The standard InChI is InChI=1S/C12H17N3S/c13-10-2-1-5-15(7-10)12-4-3-9(6-14-12)11-8-16-11/h3-4,6,10-11H,1-2,5,7-8,13H2. The van der Waals surface area contributed by atoms with Gasteiger partial charge in [0.15, 0.2) is 0 Å². The van der Waals surface area contributed by atoms with E-state index in [1.165, 1.54) is 17.7 Å². The Morgan fingerprint density at radius 3 is 2.94 bits per heavy atom. The van der Waals surface area contributed by atoms with Crippen molar-refractivity contribution in [3.63, 3.8) is 0 Å². The van der Waals surface area contributed by atoms with Crippen LogP contribution in [0, 0.1) is 0 Å². The van der Waals surface area contributed by atoms with Crippen LogP contribution in [-0.2, 0) is 0 Å². The minimum absolute atomic E-state index is 0.314. The molecule has 2 aliphatic rings. The number of nitrogens with two attached hydrogens (primary N) is 1. The number of anilines is 1. The number of hydrogen-bond donors (Lipinski definition) is 1. The van der Waals surface area contributed by atoms with Crippen molar-refractivity contribution in [1.29, 1.82) is 0 Å². The van der Waals surface area contributed by atoms with E-state index in [0.29, 0.717) is 11.3 Å². The molecule has 4 heteroatoms. The van der Waals surface area contributed by atoms with Crippen molar-refractivity contribution in [2.45, 2.75) is 24.1 Å². The van der Waals surface area contributed by atoms with Crippen LogP contribution in [0.2, 0.25) is 0 Å². The van der Waals surface area contributed by atoms with Crippen LogP contribution >= 0.6 is 11.8 Å². The van der Waals surface area contributed by atoms with Gasteiger partial charge in [-0.1, -0.05) is 6.07 Å². The maximum absolute atomic E-state index is 5.98. The molecule has 16 heavy (non-hydrogen) atoms. The van der Waals surface area contributed by atoms with Crippen LogP contribution in [0.1, 0.15) is 23.7 Å². The van der Waals surface area contributed by atoms with Gasteiger partial charge in [-0.15, -0.1) is 0 Å². The molecule has 2 saturated heterocycles. The van der Waals surface area contributed by atoms with Crippen molar-refractivity contribution >= 4 is 17.6 Å². The Hall–Kier alpha value is -0.740. The molecule has 3 nitrogen and oxygen atoms in total. The second-order valence-corrected chi connectivity index (χ2v) is 5.86. The molecular formula is C12H17N3S. The lowest BCUT2D eigenvalue weighted by Gasteiger charge is -2.31. The fourth-order valence-corrected chi connectivity index (χ4v) is 2.85. The van der Waals surface area contributed by atoms with Gasteiger partial charge in [0, 0.05) is 36.3 Å². The molecule has 3 heterocycles. The summed E-state index contributed by atoms with van der Waals surface area (Å²) in [6.07, 6.45) is 4.36. The molecule has 2 fully saturated rings. The fraction of sp³-hybridized carbons (Fsp3) is 0.583. The second kappa shape index (κ2) is 4.26. The average molecular weight is 235 g/mol. The molecule has 0 amide bonds. The van der Waals surface area contributed by atoms with Gasteiger partial charge in [-0.2, -0.15) is 11.8 Å². The van der Waals surface area contributed by atoms with E-state index in [-0.39, 0.29) is 0 Å². The van der Waals surface area contributed by atoms with Gasteiger partial charge in [0.05, 0.1) is 0 Å². The highest BCUT2D eigenvalue weighted by Gasteiger charge is 2.25. The molecule has 2 unspecified atom stereocenters. The number of hydrogen-bond acceptors (Lipinski definition) is 4. The van der Waals surface area contributed by atoms with Crippen LogP contribution in [0.3, 0.4) is 0 Å². The molecule has 2 aliphatic heterocycles. The predicted octanol–water partition coefficient (Wildman–Crippen LogP) is 1.80. The molecule has 86 valence electrons. The molecule has 0 saturated carbocycles. The topological polar surface area (TPSA) is 42.1 Å². The van der Waals surface area contributed by atoms with Crippen molar-refractivity contribution in [2.75, 3.05) is 23.7 Å². The molecule has 2 N–H and O–H groups in total. The quantitative estimate of drug-likeness (QED) is 0.794. The first-order valence-electron chi connectivity index (χ1n) is 5.91. The first kappa shape index (κ1) is 10.4. The smallest absolute Gasteiger partial charge is 0.128 e. The lowest BCUT2D eigenvalue weighted by Crippen LogP contribution is -2.43. The Labute approximate surface area is 100 Å². The summed E-state index contributed by atoms with van der Waals surface area (Å²) in [7, 11) is 0. The zero-order valence-corrected chi connectivity index (χ0v) is 10.1. The van der Waals surface area contributed by atoms with Gasteiger partial charge < -0.3 is 10.6 Å². The maximum atomic E-state index is 5.98. The number of pyridine rings is 1. The first-order chi connectivity index (χ1) is 7.83. The van der Waals surface area contributed by atoms with E-state index in [1.54, 1.807) is 0 Å². The zero-order chi connectivity index (χ0) is 11.0. The number of thioether (sulfide) groups is 1. The highest BCUT2D eigenvalue weighted by atomic mass is 32.2. The van der Waals surface area contributed by atoms with Crippen LogP contribution in [0.15, 0.2) is 18.3 Å². The minimum Gasteiger partial charge on any atom is -0.355 e. The van der Waals surface area contributed by atoms with Gasteiger partial charge in [0.1, 0.15) is 5.82 Å². The molecule has 3 rings (SSSR count). The van der Waals surface area contributed by atoms with E-state index in [4.69, 9.17) is 5.73 Å². The van der Waals surface area contributed by atoms with Gasteiger partial charge in [-0.05, 0) is 24.5 Å². The Balaban J connectivity index is 1.72. The van der Waals surface area contributed by atoms with Crippen LogP contribution < -0.4 is 10.6 Å². The molecular weight excluding hydrogens is 218 g/mol. The SMILES string of the molecule is NC1CCCN(c2ccc(C3CS3)cn2)C1.